The zero-order valence-electron chi connectivity index (χ0n) is 17.7. The molecule has 2 aromatic rings. The Labute approximate surface area is 177 Å². The van der Waals surface area contributed by atoms with Crippen LogP contribution < -0.4 is 10.1 Å². The second-order valence-electron chi connectivity index (χ2n) is 6.52. The summed E-state index contributed by atoms with van der Waals surface area (Å²) in [6, 6.07) is 3.71. The lowest BCUT2D eigenvalue weighted by Crippen LogP contribution is -2.30. The smallest absolute Gasteiger partial charge is 0.355 e. The first kappa shape index (κ1) is 23.4. The largest absolute Gasteiger partial charge is 0.495 e. The van der Waals surface area contributed by atoms with Crippen molar-refractivity contribution in [1.82, 2.24) is 4.98 Å². The van der Waals surface area contributed by atoms with Crippen LogP contribution >= 0.6 is 0 Å². The van der Waals surface area contributed by atoms with Crippen LogP contribution in [0.1, 0.15) is 46.0 Å². The average molecular weight is 433 g/mol. The molecule has 0 fully saturated rings. The Hall–Kier alpha value is -3.89. The summed E-state index contributed by atoms with van der Waals surface area (Å²) >= 11 is 0. The van der Waals surface area contributed by atoms with Crippen LogP contribution in [0.2, 0.25) is 0 Å². The van der Waals surface area contributed by atoms with Gasteiger partial charge in [-0.25, -0.2) is 9.59 Å². The van der Waals surface area contributed by atoms with Crippen LogP contribution in [0.3, 0.4) is 0 Å². The molecule has 1 heterocycles. The van der Waals surface area contributed by atoms with Gasteiger partial charge in [-0.3, -0.25) is 14.9 Å². The van der Waals surface area contributed by atoms with Crippen LogP contribution in [-0.2, 0) is 14.3 Å². The van der Waals surface area contributed by atoms with Crippen molar-refractivity contribution in [2.24, 2.45) is 0 Å². The summed E-state index contributed by atoms with van der Waals surface area (Å²) in [6.07, 6.45) is -1.24. The number of carbonyl (C=O) groups is 3. The molecule has 166 valence electrons. The van der Waals surface area contributed by atoms with Gasteiger partial charge < -0.3 is 24.5 Å². The van der Waals surface area contributed by atoms with Crippen molar-refractivity contribution in [2.75, 3.05) is 19.0 Å². The minimum atomic E-state index is -1.24. The molecule has 2 rings (SSSR count). The number of nitro benzene ring substituents is 1. The zero-order valence-corrected chi connectivity index (χ0v) is 17.7. The second kappa shape index (κ2) is 9.74. The van der Waals surface area contributed by atoms with Crippen LogP contribution in [0.4, 0.5) is 11.4 Å². The van der Waals surface area contributed by atoms with Gasteiger partial charge in [0.2, 0.25) is 0 Å². The molecule has 31 heavy (non-hydrogen) atoms. The highest BCUT2D eigenvalue weighted by molar-refractivity contribution is 6.01. The molecule has 1 unspecified atom stereocenters. The van der Waals surface area contributed by atoms with Gasteiger partial charge in [-0.1, -0.05) is 0 Å². The minimum absolute atomic E-state index is 0.0214. The van der Waals surface area contributed by atoms with Gasteiger partial charge in [-0.2, -0.15) is 0 Å². The van der Waals surface area contributed by atoms with Gasteiger partial charge in [0.05, 0.1) is 29.9 Å². The SMILES string of the molecule is CCOC(=O)c1c(C)[nH]c(C(=O)OC(C)C(=O)Nc2cc([N+](=O)[O-])ccc2OC)c1C. The van der Waals surface area contributed by atoms with E-state index in [1.54, 1.807) is 20.8 Å². The van der Waals surface area contributed by atoms with Gasteiger partial charge >= 0.3 is 11.9 Å². The van der Waals surface area contributed by atoms with E-state index in [9.17, 15) is 24.5 Å². The number of amides is 1. The van der Waals surface area contributed by atoms with E-state index < -0.39 is 28.9 Å². The zero-order chi connectivity index (χ0) is 23.3. The molecule has 1 atom stereocenters. The van der Waals surface area contributed by atoms with Crippen molar-refractivity contribution in [1.29, 1.82) is 0 Å². The number of rotatable bonds is 8. The number of esters is 2. The van der Waals surface area contributed by atoms with Crippen molar-refractivity contribution >= 4 is 29.2 Å². The molecular weight excluding hydrogens is 410 g/mol. The van der Waals surface area contributed by atoms with E-state index in [0.29, 0.717) is 11.3 Å². The molecule has 1 aromatic heterocycles. The number of nitro groups is 1. The Balaban J connectivity index is 2.16. The molecule has 0 aliphatic rings. The Kier molecular flexibility index (Phi) is 7.35. The Morgan fingerprint density at radius 2 is 1.90 bits per heavy atom. The van der Waals surface area contributed by atoms with Crippen LogP contribution in [0.15, 0.2) is 18.2 Å². The molecule has 0 aliphatic carbocycles. The number of H-pyrrole nitrogens is 1. The molecule has 0 bridgehead atoms. The van der Waals surface area contributed by atoms with E-state index in [4.69, 9.17) is 14.2 Å². The second-order valence-corrected chi connectivity index (χ2v) is 6.52. The third-order valence-electron chi connectivity index (χ3n) is 4.43. The minimum Gasteiger partial charge on any atom is -0.495 e. The van der Waals surface area contributed by atoms with Crippen LogP contribution in [0.5, 0.6) is 5.75 Å². The van der Waals surface area contributed by atoms with Crippen molar-refractivity contribution in [2.45, 2.75) is 33.8 Å². The summed E-state index contributed by atoms with van der Waals surface area (Å²) in [6.45, 7) is 6.36. The van der Waals surface area contributed by atoms with E-state index in [2.05, 4.69) is 10.3 Å². The predicted octanol–water partition coefficient (Wildman–Crippen LogP) is 2.91. The lowest BCUT2D eigenvalue weighted by atomic mass is 10.1. The predicted molar refractivity (Wildman–Crippen MR) is 109 cm³/mol. The van der Waals surface area contributed by atoms with Gasteiger partial charge in [0.15, 0.2) is 6.10 Å². The third kappa shape index (κ3) is 5.18. The number of anilines is 1. The van der Waals surface area contributed by atoms with E-state index in [1.165, 1.54) is 26.2 Å². The Morgan fingerprint density at radius 3 is 2.48 bits per heavy atom. The number of nitrogens with zero attached hydrogens (tertiary/aromatic N) is 1. The first-order valence-corrected chi connectivity index (χ1v) is 9.31. The molecule has 0 spiro atoms. The summed E-state index contributed by atoms with van der Waals surface area (Å²) in [4.78, 5) is 50.2. The fourth-order valence-electron chi connectivity index (χ4n) is 2.88. The number of ether oxygens (including phenoxy) is 3. The fourth-order valence-corrected chi connectivity index (χ4v) is 2.88. The van der Waals surface area contributed by atoms with E-state index in [-0.39, 0.29) is 35.0 Å². The fraction of sp³-hybridized carbons (Fsp3) is 0.350. The molecule has 2 N–H and O–H groups in total. The van der Waals surface area contributed by atoms with Crippen LogP contribution in [-0.4, -0.2) is 47.6 Å². The van der Waals surface area contributed by atoms with E-state index in [1.807, 2.05) is 0 Å². The number of hydrogen-bond donors (Lipinski definition) is 2. The number of hydrogen-bond acceptors (Lipinski definition) is 8. The van der Waals surface area contributed by atoms with Gasteiger partial charge in [0, 0.05) is 17.8 Å². The van der Waals surface area contributed by atoms with Crippen molar-refractivity contribution in [3.63, 3.8) is 0 Å². The molecule has 0 saturated heterocycles. The first-order valence-electron chi connectivity index (χ1n) is 9.31. The lowest BCUT2D eigenvalue weighted by Gasteiger charge is -2.15. The van der Waals surface area contributed by atoms with Crippen LogP contribution in [0, 0.1) is 24.0 Å². The van der Waals surface area contributed by atoms with Gasteiger partial charge in [-0.05, 0) is 39.3 Å². The topological polar surface area (TPSA) is 150 Å². The summed E-state index contributed by atoms with van der Waals surface area (Å²) < 4.78 is 15.3. The molecule has 0 saturated carbocycles. The molecule has 1 amide bonds. The molecule has 0 aliphatic heterocycles. The molecule has 1 aromatic carbocycles. The number of carbonyl (C=O) groups excluding carboxylic acids is 3. The van der Waals surface area contributed by atoms with E-state index in [0.717, 1.165) is 6.07 Å². The maximum atomic E-state index is 12.5. The lowest BCUT2D eigenvalue weighted by molar-refractivity contribution is -0.384. The monoisotopic (exact) mass is 433 g/mol. The summed E-state index contributed by atoms with van der Waals surface area (Å²) in [5.41, 5.74) is 0.835. The number of nitrogens with one attached hydrogen (secondary N) is 2. The van der Waals surface area contributed by atoms with Crippen molar-refractivity contribution in [3.8, 4) is 5.75 Å². The highest BCUT2D eigenvalue weighted by Crippen LogP contribution is 2.29. The maximum Gasteiger partial charge on any atom is 0.355 e. The number of benzene rings is 1. The van der Waals surface area contributed by atoms with Gasteiger partial charge in [0.25, 0.3) is 11.6 Å². The van der Waals surface area contributed by atoms with Crippen molar-refractivity contribution < 1.29 is 33.5 Å². The van der Waals surface area contributed by atoms with Crippen LogP contribution in [0.25, 0.3) is 0 Å². The third-order valence-corrected chi connectivity index (χ3v) is 4.43. The first-order chi connectivity index (χ1) is 14.6. The average Bonchev–Trinajstić information content (AvgIpc) is 3.02. The standard InChI is InChI=1S/C20H23N3O8/c1-6-30-19(25)16-10(2)17(21-11(16)3)20(26)31-12(4)18(24)22-14-9-13(23(27)28)7-8-15(14)29-5/h7-9,12,21H,6H2,1-5H3,(H,22,24). The number of methoxy groups -OCH3 is 1. The summed E-state index contributed by atoms with van der Waals surface area (Å²) in [7, 11) is 1.34. The molecule has 11 nitrogen and oxygen atoms in total. The Morgan fingerprint density at radius 1 is 1.23 bits per heavy atom. The highest BCUT2D eigenvalue weighted by Gasteiger charge is 2.27. The number of aryl methyl sites for hydroxylation is 1. The van der Waals surface area contributed by atoms with Gasteiger partial charge in [-0.15, -0.1) is 0 Å². The number of aromatic nitrogens is 1. The molecular formula is C20H23N3O8. The van der Waals surface area contributed by atoms with Gasteiger partial charge in [0.1, 0.15) is 11.4 Å². The normalized spacial score (nSPS) is 11.4. The highest BCUT2D eigenvalue weighted by atomic mass is 16.6. The summed E-state index contributed by atoms with van der Waals surface area (Å²) in [5.74, 6) is -1.94. The number of aromatic amines is 1. The quantitative estimate of drug-likeness (QED) is 0.366. The number of non-ortho nitro benzene ring substituents is 1. The van der Waals surface area contributed by atoms with E-state index >= 15 is 0 Å². The molecule has 0 radical (unpaired) electrons. The summed E-state index contributed by atoms with van der Waals surface area (Å²) in [5, 5.41) is 13.4. The Bertz CT molecular complexity index is 1030. The molecule has 11 heteroatoms. The maximum absolute atomic E-state index is 12.5. The van der Waals surface area contributed by atoms with Crippen molar-refractivity contribution in [3.05, 3.63) is 50.8 Å².